The van der Waals surface area contributed by atoms with Crippen LogP contribution >= 0.6 is 11.6 Å². The van der Waals surface area contributed by atoms with E-state index < -0.39 is 28.5 Å². The Morgan fingerprint density at radius 1 is 1.16 bits per heavy atom. The second-order valence-corrected chi connectivity index (χ2v) is 9.50. The van der Waals surface area contributed by atoms with Gasteiger partial charge in [-0.25, -0.2) is 8.42 Å². The van der Waals surface area contributed by atoms with Gasteiger partial charge in [0.2, 0.25) is 21.8 Å². The Morgan fingerprint density at radius 2 is 1.84 bits per heavy atom. The third-order valence-electron chi connectivity index (χ3n) is 4.89. The molecule has 0 saturated heterocycles. The van der Waals surface area contributed by atoms with E-state index >= 15 is 0 Å². The van der Waals surface area contributed by atoms with Crippen LogP contribution in [0.4, 0.5) is 5.69 Å². The summed E-state index contributed by atoms with van der Waals surface area (Å²) in [5.74, 6) is -0.245. The number of rotatable bonds is 10. The molecule has 0 saturated carbocycles. The molecule has 10 heteroatoms. The van der Waals surface area contributed by atoms with Crippen LogP contribution in [0.3, 0.4) is 0 Å². The summed E-state index contributed by atoms with van der Waals surface area (Å²) in [5, 5.41) is 2.92. The van der Waals surface area contributed by atoms with Gasteiger partial charge in [-0.15, -0.1) is 0 Å². The van der Waals surface area contributed by atoms with Crippen molar-refractivity contribution in [3.8, 4) is 5.75 Å². The van der Waals surface area contributed by atoms with Gasteiger partial charge >= 0.3 is 0 Å². The molecule has 0 heterocycles. The van der Waals surface area contributed by atoms with Crippen LogP contribution in [0.15, 0.2) is 48.5 Å². The molecule has 2 amide bonds. The lowest BCUT2D eigenvalue weighted by Gasteiger charge is -2.32. The number of nitrogens with zero attached hydrogens (tertiary/aromatic N) is 2. The first-order chi connectivity index (χ1) is 15.1. The highest BCUT2D eigenvalue weighted by Gasteiger charge is 2.31. The Morgan fingerprint density at radius 3 is 2.41 bits per heavy atom. The van der Waals surface area contributed by atoms with Crippen molar-refractivity contribution in [2.45, 2.75) is 25.9 Å². The molecule has 2 aromatic carbocycles. The van der Waals surface area contributed by atoms with Crippen molar-refractivity contribution in [2.24, 2.45) is 0 Å². The summed E-state index contributed by atoms with van der Waals surface area (Å²) in [6.07, 6.45) is 1.37. The number of benzene rings is 2. The summed E-state index contributed by atoms with van der Waals surface area (Å²) in [5.41, 5.74) is 1.01. The van der Waals surface area contributed by atoms with Crippen molar-refractivity contribution in [1.82, 2.24) is 10.2 Å². The zero-order valence-electron chi connectivity index (χ0n) is 18.5. The molecule has 0 aliphatic heterocycles. The van der Waals surface area contributed by atoms with Crippen LogP contribution in [-0.2, 0) is 26.2 Å². The summed E-state index contributed by atoms with van der Waals surface area (Å²) in [7, 11) is -0.766. The molecule has 1 atom stereocenters. The molecule has 174 valence electrons. The molecule has 2 rings (SSSR count). The minimum atomic E-state index is -3.80. The van der Waals surface area contributed by atoms with Gasteiger partial charge in [0, 0.05) is 18.6 Å². The Bertz CT molecular complexity index is 1060. The summed E-state index contributed by atoms with van der Waals surface area (Å²) >= 11 is 6.03. The van der Waals surface area contributed by atoms with E-state index in [1.165, 1.54) is 25.1 Å². The van der Waals surface area contributed by atoms with E-state index in [-0.39, 0.29) is 18.1 Å². The highest BCUT2D eigenvalue weighted by molar-refractivity contribution is 7.92. The highest BCUT2D eigenvalue weighted by atomic mass is 35.5. The number of carbonyl (C=O) groups excluding carboxylic acids is 2. The third kappa shape index (κ3) is 6.61. The zero-order chi connectivity index (χ0) is 23.9. The summed E-state index contributed by atoms with van der Waals surface area (Å²) in [4.78, 5) is 27.3. The number of anilines is 1. The molecule has 32 heavy (non-hydrogen) atoms. The van der Waals surface area contributed by atoms with Gasteiger partial charge < -0.3 is 15.0 Å². The van der Waals surface area contributed by atoms with Gasteiger partial charge in [0.05, 0.1) is 19.1 Å². The van der Waals surface area contributed by atoms with E-state index in [1.54, 1.807) is 43.3 Å². The molecule has 8 nitrogen and oxygen atoms in total. The Kier molecular flexibility index (Phi) is 8.91. The molecule has 2 aromatic rings. The van der Waals surface area contributed by atoms with Crippen molar-refractivity contribution in [1.29, 1.82) is 0 Å². The maximum absolute atomic E-state index is 13.4. The first kappa shape index (κ1) is 25.5. The minimum Gasteiger partial charge on any atom is -0.497 e. The summed E-state index contributed by atoms with van der Waals surface area (Å²) in [6, 6.07) is 12.6. The fourth-order valence-corrected chi connectivity index (χ4v) is 4.32. The number of carbonyl (C=O) groups is 2. The largest absolute Gasteiger partial charge is 0.497 e. The third-order valence-corrected chi connectivity index (χ3v) is 6.27. The Hall–Kier alpha value is -2.78. The van der Waals surface area contributed by atoms with Crippen molar-refractivity contribution < 1.29 is 22.7 Å². The predicted molar refractivity (Wildman–Crippen MR) is 125 cm³/mol. The number of ether oxygens (including phenoxy) is 1. The fraction of sp³-hybridized carbons (Fsp3) is 0.364. The zero-order valence-corrected chi connectivity index (χ0v) is 20.1. The topological polar surface area (TPSA) is 96.0 Å². The van der Waals surface area contributed by atoms with Crippen molar-refractivity contribution in [3.05, 3.63) is 59.1 Å². The molecule has 0 spiro atoms. The summed E-state index contributed by atoms with van der Waals surface area (Å²) in [6.45, 7) is 1.42. The number of halogens is 1. The first-order valence-electron chi connectivity index (χ1n) is 9.98. The van der Waals surface area contributed by atoms with Gasteiger partial charge in [-0.3, -0.25) is 13.9 Å². The lowest BCUT2D eigenvalue weighted by atomic mass is 10.1. The van der Waals surface area contributed by atoms with E-state index in [4.69, 9.17) is 16.3 Å². The molecule has 0 aliphatic carbocycles. The molecule has 0 radical (unpaired) electrons. The van der Waals surface area contributed by atoms with Crippen LogP contribution < -0.4 is 14.4 Å². The molecular formula is C22H28ClN3O5S. The van der Waals surface area contributed by atoms with Crippen LogP contribution in [0.1, 0.15) is 18.9 Å². The maximum Gasteiger partial charge on any atom is 0.244 e. The molecular weight excluding hydrogens is 454 g/mol. The second-order valence-electron chi connectivity index (χ2n) is 7.16. The van der Waals surface area contributed by atoms with Gasteiger partial charge in [-0.05, 0) is 42.3 Å². The highest BCUT2D eigenvalue weighted by Crippen LogP contribution is 2.23. The predicted octanol–water partition coefficient (Wildman–Crippen LogP) is 2.67. The molecule has 0 aliphatic rings. The fourth-order valence-electron chi connectivity index (χ4n) is 3.30. The molecule has 1 N–H and O–H groups in total. The smallest absolute Gasteiger partial charge is 0.244 e. The number of amides is 2. The van der Waals surface area contributed by atoms with Crippen LogP contribution in [0.2, 0.25) is 5.02 Å². The Labute approximate surface area is 194 Å². The van der Waals surface area contributed by atoms with Crippen molar-refractivity contribution in [2.75, 3.05) is 31.3 Å². The number of hydrogen-bond acceptors (Lipinski definition) is 5. The van der Waals surface area contributed by atoms with Crippen LogP contribution in [-0.4, -0.2) is 58.1 Å². The van der Waals surface area contributed by atoms with Gasteiger partial charge in [0.1, 0.15) is 18.3 Å². The number of sulfonamides is 1. The average molecular weight is 482 g/mol. The van der Waals surface area contributed by atoms with E-state index in [1.807, 2.05) is 6.07 Å². The normalized spacial score (nSPS) is 12.0. The van der Waals surface area contributed by atoms with Gasteiger partial charge in [-0.2, -0.15) is 0 Å². The van der Waals surface area contributed by atoms with Crippen molar-refractivity contribution in [3.63, 3.8) is 0 Å². The maximum atomic E-state index is 13.4. The van der Waals surface area contributed by atoms with Crippen LogP contribution in [0.25, 0.3) is 0 Å². The lowest BCUT2D eigenvalue weighted by molar-refractivity contribution is -0.140. The number of likely N-dealkylation sites (N-methyl/N-ethyl adjacent to an activating group) is 1. The lowest BCUT2D eigenvalue weighted by Crippen LogP contribution is -2.51. The second kappa shape index (κ2) is 11.2. The molecule has 0 bridgehead atoms. The van der Waals surface area contributed by atoms with E-state index in [0.29, 0.717) is 17.2 Å². The minimum absolute atomic E-state index is 0.106. The number of hydrogen-bond donors (Lipinski definition) is 1. The molecule has 0 aromatic heterocycles. The standard InChI is InChI=1S/C22H28ClN3O5S/c1-5-20(22(28)24-2)25(14-16-8-6-11-19(12-16)31-3)21(27)15-26(32(4,29)30)18-10-7-9-17(23)13-18/h6-13,20H,5,14-15H2,1-4H3,(H,24,28)/t20-/m0/s1. The monoisotopic (exact) mass is 481 g/mol. The van der Waals surface area contributed by atoms with E-state index in [9.17, 15) is 18.0 Å². The van der Waals surface area contributed by atoms with Crippen LogP contribution in [0.5, 0.6) is 5.75 Å². The quantitative estimate of drug-likeness (QED) is 0.562. The van der Waals surface area contributed by atoms with Gasteiger partial charge in [-0.1, -0.05) is 36.7 Å². The van der Waals surface area contributed by atoms with Gasteiger partial charge in [0.15, 0.2) is 0 Å². The Balaban J connectivity index is 2.43. The van der Waals surface area contributed by atoms with E-state index in [2.05, 4.69) is 5.32 Å². The van der Waals surface area contributed by atoms with E-state index in [0.717, 1.165) is 16.1 Å². The average Bonchev–Trinajstić information content (AvgIpc) is 2.76. The molecule has 0 fully saturated rings. The SMILES string of the molecule is CC[C@@H](C(=O)NC)N(Cc1cccc(OC)c1)C(=O)CN(c1cccc(Cl)c1)S(C)(=O)=O. The number of nitrogens with one attached hydrogen (secondary N) is 1. The van der Waals surface area contributed by atoms with Gasteiger partial charge in [0.25, 0.3) is 0 Å². The molecule has 0 unspecified atom stereocenters. The number of methoxy groups -OCH3 is 1. The first-order valence-corrected chi connectivity index (χ1v) is 12.2. The van der Waals surface area contributed by atoms with Crippen LogP contribution in [0, 0.1) is 0 Å². The van der Waals surface area contributed by atoms with Crippen molar-refractivity contribution >= 4 is 39.1 Å². The summed E-state index contributed by atoms with van der Waals surface area (Å²) < 4.78 is 31.2.